The smallest absolute Gasteiger partial charge is 0.402 e. The van der Waals surface area contributed by atoms with Gasteiger partial charge in [0.1, 0.15) is 0 Å². The van der Waals surface area contributed by atoms with Gasteiger partial charge in [-0.1, -0.05) is 0 Å². The molecule has 0 spiro atoms. The fourth-order valence-corrected chi connectivity index (χ4v) is 3.34. The van der Waals surface area contributed by atoms with Gasteiger partial charge in [-0.2, -0.15) is 13.2 Å². The van der Waals surface area contributed by atoms with E-state index in [9.17, 15) is 26.4 Å². The Morgan fingerprint density at radius 3 is 2.56 bits per heavy atom. The molecular weight excluding hydrogens is 409 g/mol. The number of H-pyrrole nitrogens is 1. The van der Waals surface area contributed by atoms with Gasteiger partial charge in [0.05, 0.1) is 16.0 Å². The van der Waals surface area contributed by atoms with Crippen molar-refractivity contribution in [3.8, 4) is 5.88 Å². The maximum atomic E-state index is 12.9. The van der Waals surface area contributed by atoms with Gasteiger partial charge in [-0.25, -0.2) is 13.2 Å². The fraction of sp³-hybridized carbons (Fsp3) is 0.375. The Morgan fingerprint density at radius 1 is 1.33 bits per heavy atom. The van der Waals surface area contributed by atoms with Crippen molar-refractivity contribution in [1.82, 2.24) is 10.2 Å². The number of hydrogen-bond donors (Lipinski definition) is 1. The number of rotatable bonds is 6. The molecule has 0 amide bonds. The minimum Gasteiger partial charge on any atom is -0.402 e. The number of hydrogen-bond acceptors (Lipinski definition) is 5. The van der Waals surface area contributed by atoms with Gasteiger partial charge in [0.25, 0.3) is 0 Å². The molecule has 1 heterocycles. The minimum atomic E-state index is -4.75. The van der Waals surface area contributed by atoms with Crippen LogP contribution < -0.4 is 4.74 Å². The highest BCUT2D eigenvalue weighted by molar-refractivity contribution is 7.90. The molecule has 6 nitrogen and oxygen atoms in total. The van der Waals surface area contributed by atoms with Gasteiger partial charge >= 0.3 is 12.1 Å². The summed E-state index contributed by atoms with van der Waals surface area (Å²) in [6.07, 6.45) is -2.81. The highest BCUT2D eigenvalue weighted by Gasteiger charge is 2.33. The van der Waals surface area contributed by atoms with E-state index in [0.717, 1.165) is 6.07 Å². The molecule has 0 bridgehead atoms. The highest BCUT2D eigenvalue weighted by Crippen LogP contribution is 2.32. The highest BCUT2D eigenvalue weighted by atomic mass is 35.5. The van der Waals surface area contributed by atoms with Gasteiger partial charge in [-0.05, 0) is 38.0 Å². The second-order valence-electron chi connectivity index (χ2n) is 5.80. The summed E-state index contributed by atoms with van der Waals surface area (Å²) in [4.78, 5) is 11.6. The number of carbonyl (C=O) groups excluding carboxylic acids is 1. The van der Waals surface area contributed by atoms with Crippen LogP contribution in [-0.4, -0.2) is 36.7 Å². The molecular formula is C16H16ClF3N2O4S. The van der Waals surface area contributed by atoms with Gasteiger partial charge in [0, 0.05) is 23.4 Å². The summed E-state index contributed by atoms with van der Waals surface area (Å²) in [7, 11) is -4.11. The van der Waals surface area contributed by atoms with Crippen molar-refractivity contribution in [2.75, 3.05) is 12.1 Å². The van der Waals surface area contributed by atoms with E-state index in [2.05, 4.69) is 10.2 Å². The van der Waals surface area contributed by atoms with Crippen molar-refractivity contribution < 1.29 is 31.1 Å². The monoisotopic (exact) mass is 424 g/mol. The zero-order valence-corrected chi connectivity index (χ0v) is 15.9. The lowest BCUT2D eigenvalue weighted by Gasteiger charge is -2.11. The largest absolute Gasteiger partial charge is 0.416 e. The first kappa shape index (κ1) is 21.2. The normalized spacial score (nSPS) is 12.2. The Morgan fingerprint density at radius 2 is 2.00 bits per heavy atom. The van der Waals surface area contributed by atoms with Gasteiger partial charge in [0.15, 0.2) is 9.84 Å². The summed E-state index contributed by atoms with van der Waals surface area (Å²) in [6, 6.07) is 1.81. The van der Waals surface area contributed by atoms with Gasteiger partial charge < -0.3 is 4.74 Å². The van der Waals surface area contributed by atoms with E-state index in [1.54, 1.807) is 6.92 Å². The standard InChI is InChI=1S/C16H16ClF3N2O4S/c1-9-12(4-3-7-17)21-22-14(9)26-15(23)11-6-5-10(16(18,19)20)8-13(11)27(2,24)25/h5-6,8H,3-4,7H2,1-2H3,(H,21,22). The third-order valence-corrected chi connectivity index (χ3v) is 5.15. The maximum absolute atomic E-state index is 12.9. The van der Waals surface area contributed by atoms with Crippen LogP contribution in [0.1, 0.15) is 33.6 Å². The van der Waals surface area contributed by atoms with E-state index in [4.69, 9.17) is 16.3 Å². The molecule has 0 aliphatic rings. The van der Waals surface area contributed by atoms with Crippen LogP contribution in [-0.2, 0) is 22.4 Å². The van der Waals surface area contributed by atoms with Crippen LogP contribution in [0.4, 0.5) is 13.2 Å². The number of aromatic nitrogens is 2. The Bertz CT molecular complexity index is 955. The number of ether oxygens (including phenoxy) is 1. The van der Waals surface area contributed by atoms with E-state index in [0.29, 0.717) is 48.4 Å². The summed E-state index contributed by atoms with van der Waals surface area (Å²) in [6.45, 7) is 1.64. The van der Waals surface area contributed by atoms with Crippen LogP contribution in [0.3, 0.4) is 0 Å². The lowest BCUT2D eigenvalue weighted by molar-refractivity contribution is -0.137. The second-order valence-corrected chi connectivity index (χ2v) is 8.16. The van der Waals surface area contributed by atoms with Crippen molar-refractivity contribution in [3.05, 3.63) is 40.6 Å². The Hall–Kier alpha value is -2.07. The second kappa shape index (κ2) is 7.89. The number of aryl methyl sites for hydroxylation is 1. The number of halogens is 4. The molecule has 0 aliphatic carbocycles. The van der Waals surface area contributed by atoms with Crippen molar-refractivity contribution in [1.29, 1.82) is 0 Å². The van der Waals surface area contributed by atoms with Crippen molar-refractivity contribution in [3.63, 3.8) is 0 Å². The molecule has 1 aromatic heterocycles. The average Bonchev–Trinajstić information content (AvgIpc) is 2.91. The SMILES string of the molecule is Cc1c(OC(=O)c2ccc(C(F)(F)F)cc2S(C)(=O)=O)n[nH]c1CCCCl. The fourth-order valence-electron chi connectivity index (χ4n) is 2.32. The quantitative estimate of drug-likeness (QED) is 0.566. The molecule has 2 aromatic rings. The Balaban J connectivity index is 2.38. The first-order valence-corrected chi connectivity index (χ1v) is 10.1. The molecule has 1 aromatic carbocycles. The topological polar surface area (TPSA) is 89.1 Å². The zero-order chi connectivity index (χ0) is 20.4. The zero-order valence-electron chi connectivity index (χ0n) is 14.4. The Kier molecular flexibility index (Phi) is 6.21. The number of esters is 1. The summed E-state index contributed by atoms with van der Waals surface area (Å²) in [5.74, 6) is -0.775. The van der Waals surface area contributed by atoms with Crippen molar-refractivity contribution >= 4 is 27.4 Å². The first-order valence-electron chi connectivity index (χ1n) is 7.68. The number of nitrogens with one attached hydrogen (secondary N) is 1. The summed E-state index contributed by atoms with van der Waals surface area (Å²) < 4.78 is 67.4. The molecule has 0 aliphatic heterocycles. The molecule has 0 saturated heterocycles. The molecule has 1 N–H and O–H groups in total. The predicted molar refractivity (Wildman–Crippen MR) is 91.9 cm³/mol. The number of nitrogens with zero attached hydrogens (tertiary/aromatic N) is 1. The lowest BCUT2D eigenvalue weighted by atomic mass is 10.1. The van der Waals surface area contributed by atoms with Crippen molar-refractivity contribution in [2.24, 2.45) is 0 Å². The van der Waals surface area contributed by atoms with Crippen LogP contribution in [0.25, 0.3) is 0 Å². The van der Waals surface area contributed by atoms with Crippen LogP contribution in [0.15, 0.2) is 23.1 Å². The molecule has 0 radical (unpaired) electrons. The molecule has 148 valence electrons. The molecule has 0 atom stereocenters. The number of carbonyl (C=O) groups is 1. The summed E-state index contributed by atoms with van der Waals surface area (Å²) in [5.41, 5.74) is -0.468. The third kappa shape index (κ3) is 5.01. The summed E-state index contributed by atoms with van der Waals surface area (Å²) >= 11 is 5.62. The van der Waals surface area contributed by atoms with Crippen molar-refractivity contribution in [2.45, 2.75) is 30.8 Å². The molecule has 0 unspecified atom stereocenters. The minimum absolute atomic E-state index is 0.0797. The van der Waals surface area contributed by atoms with Gasteiger partial charge in [-0.15, -0.1) is 16.7 Å². The average molecular weight is 425 g/mol. The first-order chi connectivity index (χ1) is 12.4. The van der Waals surface area contributed by atoms with E-state index in [-0.39, 0.29) is 5.88 Å². The Labute approximate surface area is 158 Å². The van der Waals surface area contributed by atoms with E-state index in [1.165, 1.54) is 0 Å². The van der Waals surface area contributed by atoms with Crippen LogP contribution in [0.2, 0.25) is 0 Å². The third-order valence-electron chi connectivity index (χ3n) is 3.74. The van der Waals surface area contributed by atoms with Crippen LogP contribution >= 0.6 is 11.6 Å². The van der Waals surface area contributed by atoms with E-state index >= 15 is 0 Å². The molecule has 2 rings (SSSR count). The number of benzene rings is 1. The predicted octanol–water partition coefficient (Wildman–Crippen LogP) is 3.53. The van der Waals surface area contributed by atoms with E-state index in [1.807, 2.05) is 0 Å². The maximum Gasteiger partial charge on any atom is 0.416 e. The number of sulfone groups is 1. The molecule has 0 saturated carbocycles. The number of aromatic amines is 1. The van der Waals surface area contributed by atoms with Gasteiger partial charge in [0.2, 0.25) is 5.88 Å². The molecule has 11 heteroatoms. The lowest BCUT2D eigenvalue weighted by Crippen LogP contribution is -2.16. The number of alkyl halides is 4. The van der Waals surface area contributed by atoms with E-state index < -0.39 is 38.0 Å². The van der Waals surface area contributed by atoms with Crippen LogP contribution in [0, 0.1) is 6.92 Å². The van der Waals surface area contributed by atoms with Crippen LogP contribution in [0.5, 0.6) is 5.88 Å². The molecule has 27 heavy (non-hydrogen) atoms. The molecule has 0 fully saturated rings. The summed E-state index contributed by atoms with van der Waals surface area (Å²) in [5, 5.41) is 6.53. The van der Waals surface area contributed by atoms with Gasteiger partial charge in [-0.3, -0.25) is 5.10 Å².